The fourth-order valence-electron chi connectivity index (χ4n) is 1.31. The predicted molar refractivity (Wildman–Crippen MR) is 68.9 cm³/mol. The van der Waals surface area contributed by atoms with Gasteiger partial charge in [-0.3, -0.25) is 4.79 Å². The van der Waals surface area contributed by atoms with E-state index < -0.39 is 6.04 Å². The summed E-state index contributed by atoms with van der Waals surface area (Å²) in [5, 5.41) is 0.671. The molecule has 1 atom stereocenters. The summed E-state index contributed by atoms with van der Waals surface area (Å²) in [6, 6.07) is 6.66. The summed E-state index contributed by atoms with van der Waals surface area (Å²) < 4.78 is 5.07. The Hall–Kier alpha value is -1.06. The third kappa shape index (κ3) is 5.20. The van der Waals surface area contributed by atoms with E-state index in [1.165, 1.54) is 0 Å². The Kier molecular flexibility index (Phi) is 5.45. The molecule has 17 heavy (non-hydrogen) atoms. The van der Waals surface area contributed by atoms with Crippen molar-refractivity contribution < 1.29 is 9.53 Å². The largest absolute Gasteiger partial charge is 0.464 e. The van der Waals surface area contributed by atoms with Crippen molar-refractivity contribution >= 4 is 17.6 Å². The lowest BCUT2D eigenvalue weighted by molar-refractivity contribution is -0.146. The van der Waals surface area contributed by atoms with Gasteiger partial charge in [-0.25, -0.2) is 0 Å². The molecule has 0 saturated heterocycles. The van der Waals surface area contributed by atoms with E-state index in [0.717, 1.165) is 5.56 Å². The van der Waals surface area contributed by atoms with Gasteiger partial charge in [-0.15, -0.1) is 0 Å². The lowest BCUT2D eigenvalue weighted by Crippen LogP contribution is -2.35. The quantitative estimate of drug-likeness (QED) is 0.822. The summed E-state index contributed by atoms with van der Waals surface area (Å²) in [6.45, 7) is 4.38. The van der Waals surface area contributed by atoms with Crippen LogP contribution in [-0.4, -0.2) is 18.6 Å². The Morgan fingerprint density at radius 3 is 2.47 bits per heavy atom. The van der Waals surface area contributed by atoms with Crippen molar-refractivity contribution in [2.75, 3.05) is 6.61 Å². The maximum Gasteiger partial charge on any atom is 0.323 e. The second-order valence-electron chi connectivity index (χ2n) is 4.46. The van der Waals surface area contributed by atoms with Crippen LogP contribution in [0.1, 0.15) is 19.4 Å². The van der Waals surface area contributed by atoms with Crippen LogP contribution >= 0.6 is 11.6 Å². The SMILES string of the molecule is CC(C)COC(=O)C(N)Cc1ccc(Cl)cc1. The molecular formula is C13H18ClNO2. The molecule has 4 heteroatoms. The van der Waals surface area contributed by atoms with Crippen molar-refractivity contribution in [3.05, 3.63) is 34.9 Å². The molecule has 0 aliphatic rings. The van der Waals surface area contributed by atoms with Gasteiger partial charge < -0.3 is 10.5 Å². The molecule has 1 unspecified atom stereocenters. The molecule has 2 N–H and O–H groups in total. The van der Waals surface area contributed by atoms with Crippen LogP contribution in [0.2, 0.25) is 5.02 Å². The van der Waals surface area contributed by atoms with E-state index in [9.17, 15) is 4.79 Å². The molecule has 1 aromatic carbocycles. The van der Waals surface area contributed by atoms with Crippen LogP contribution in [0.5, 0.6) is 0 Å². The van der Waals surface area contributed by atoms with Gasteiger partial charge in [-0.1, -0.05) is 37.6 Å². The second-order valence-corrected chi connectivity index (χ2v) is 4.90. The third-order valence-corrected chi connectivity index (χ3v) is 2.48. The van der Waals surface area contributed by atoms with Gasteiger partial charge in [0.2, 0.25) is 0 Å². The number of halogens is 1. The topological polar surface area (TPSA) is 52.3 Å². The molecule has 1 aromatic rings. The van der Waals surface area contributed by atoms with E-state index in [2.05, 4.69) is 0 Å². The van der Waals surface area contributed by atoms with E-state index in [1.54, 1.807) is 12.1 Å². The minimum Gasteiger partial charge on any atom is -0.464 e. The number of nitrogens with two attached hydrogens (primary N) is 1. The fourth-order valence-corrected chi connectivity index (χ4v) is 1.44. The van der Waals surface area contributed by atoms with E-state index in [0.29, 0.717) is 24.0 Å². The Labute approximate surface area is 107 Å². The molecule has 0 aliphatic carbocycles. The molecule has 1 rings (SSSR count). The van der Waals surface area contributed by atoms with Gasteiger partial charge in [-0.2, -0.15) is 0 Å². The molecule has 0 aliphatic heterocycles. The number of benzene rings is 1. The number of hydrogen-bond donors (Lipinski definition) is 1. The highest BCUT2D eigenvalue weighted by atomic mass is 35.5. The van der Waals surface area contributed by atoms with Gasteiger partial charge in [0, 0.05) is 5.02 Å². The van der Waals surface area contributed by atoms with Crippen molar-refractivity contribution in [1.29, 1.82) is 0 Å². The molecule has 0 radical (unpaired) electrons. The lowest BCUT2D eigenvalue weighted by Gasteiger charge is -2.12. The maximum atomic E-state index is 11.5. The predicted octanol–water partition coefficient (Wildman–Crippen LogP) is 2.41. The normalized spacial score (nSPS) is 12.5. The number of esters is 1. The minimum absolute atomic E-state index is 0.321. The molecule has 0 bridgehead atoms. The summed E-state index contributed by atoms with van der Waals surface area (Å²) in [7, 11) is 0. The highest BCUT2D eigenvalue weighted by molar-refractivity contribution is 6.30. The first-order valence-electron chi connectivity index (χ1n) is 5.65. The number of rotatable bonds is 5. The lowest BCUT2D eigenvalue weighted by atomic mass is 10.1. The first-order chi connectivity index (χ1) is 7.99. The molecule has 0 amide bonds. The van der Waals surface area contributed by atoms with Crippen LogP contribution in [0.15, 0.2) is 24.3 Å². The van der Waals surface area contributed by atoms with Gasteiger partial charge in [0.1, 0.15) is 6.04 Å². The average Bonchev–Trinajstić information content (AvgIpc) is 2.28. The zero-order valence-corrected chi connectivity index (χ0v) is 10.9. The van der Waals surface area contributed by atoms with E-state index in [-0.39, 0.29) is 5.97 Å². The molecular weight excluding hydrogens is 238 g/mol. The Balaban J connectivity index is 2.45. The molecule has 0 heterocycles. The third-order valence-electron chi connectivity index (χ3n) is 2.23. The van der Waals surface area contributed by atoms with E-state index in [4.69, 9.17) is 22.1 Å². The van der Waals surface area contributed by atoms with E-state index >= 15 is 0 Å². The first-order valence-corrected chi connectivity index (χ1v) is 6.03. The Bertz CT molecular complexity index is 362. The summed E-state index contributed by atoms with van der Waals surface area (Å²) in [4.78, 5) is 11.5. The summed E-state index contributed by atoms with van der Waals surface area (Å²) in [6.07, 6.45) is 0.466. The highest BCUT2D eigenvalue weighted by Crippen LogP contribution is 2.11. The van der Waals surface area contributed by atoms with Gasteiger partial charge in [0.05, 0.1) is 6.61 Å². The van der Waals surface area contributed by atoms with Crippen molar-refractivity contribution in [3.63, 3.8) is 0 Å². The van der Waals surface area contributed by atoms with Crippen molar-refractivity contribution in [3.8, 4) is 0 Å². The number of carbonyl (C=O) groups is 1. The monoisotopic (exact) mass is 255 g/mol. The maximum absolute atomic E-state index is 11.5. The number of ether oxygens (including phenoxy) is 1. The van der Waals surface area contributed by atoms with Gasteiger partial charge in [0.15, 0.2) is 0 Å². The minimum atomic E-state index is -0.616. The summed E-state index contributed by atoms with van der Waals surface area (Å²) >= 11 is 5.77. The standard InChI is InChI=1S/C13H18ClNO2/c1-9(2)8-17-13(16)12(15)7-10-3-5-11(14)6-4-10/h3-6,9,12H,7-8,15H2,1-2H3. The molecule has 94 valence electrons. The van der Waals surface area contributed by atoms with Crippen LogP contribution in [0.4, 0.5) is 0 Å². The number of hydrogen-bond acceptors (Lipinski definition) is 3. The van der Waals surface area contributed by atoms with Crippen LogP contribution in [-0.2, 0) is 16.0 Å². The molecule has 0 saturated carbocycles. The van der Waals surface area contributed by atoms with Gasteiger partial charge in [0.25, 0.3) is 0 Å². The smallest absolute Gasteiger partial charge is 0.323 e. The van der Waals surface area contributed by atoms with E-state index in [1.807, 2.05) is 26.0 Å². The Morgan fingerprint density at radius 2 is 1.94 bits per heavy atom. The van der Waals surface area contributed by atoms with Crippen molar-refractivity contribution in [2.24, 2.45) is 11.7 Å². The van der Waals surface area contributed by atoms with Crippen molar-refractivity contribution in [1.82, 2.24) is 0 Å². The molecule has 0 spiro atoms. The fraction of sp³-hybridized carbons (Fsp3) is 0.462. The zero-order valence-electron chi connectivity index (χ0n) is 10.2. The summed E-state index contributed by atoms with van der Waals surface area (Å²) in [5.74, 6) is -0.0321. The number of carbonyl (C=O) groups excluding carboxylic acids is 1. The van der Waals surface area contributed by atoms with Crippen molar-refractivity contribution in [2.45, 2.75) is 26.3 Å². The first kappa shape index (κ1) is 14.0. The Morgan fingerprint density at radius 1 is 1.35 bits per heavy atom. The van der Waals surface area contributed by atoms with Gasteiger partial charge in [-0.05, 0) is 30.0 Å². The van der Waals surface area contributed by atoms with Crippen LogP contribution in [0, 0.1) is 5.92 Å². The van der Waals surface area contributed by atoms with Gasteiger partial charge >= 0.3 is 5.97 Å². The second kappa shape index (κ2) is 6.62. The van der Waals surface area contributed by atoms with Crippen LogP contribution in [0.25, 0.3) is 0 Å². The molecule has 3 nitrogen and oxygen atoms in total. The highest BCUT2D eigenvalue weighted by Gasteiger charge is 2.15. The van der Waals surface area contributed by atoms with Crippen LogP contribution < -0.4 is 5.73 Å². The van der Waals surface area contributed by atoms with Crippen LogP contribution in [0.3, 0.4) is 0 Å². The summed E-state index contributed by atoms with van der Waals surface area (Å²) in [5.41, 5.74) is 6.74. The molecule has 0 aromatic heterocycles. The average molecular weight is 256 g/mol. The molecule has 0 fully saturated rings. The zero-order chi connectivity index (χ0) is 12.8.